The van der Waals surface area contributed by atoms with Gasteiger partial charge in [0, 0.05) is 0 Å². The first-order valence-corrected chi connectivity index (χ1v) is 10.4. The molecule has 2 aliphatic rings. The van der Waals surface area contributed by atoms with Crippen molar-refractivity contribution in [2.45, 2.75) is 70.9 Å². The second-order valence-electron chi connectivity index (χ2n) is 8.52. The van der Waals surface area contributed by atoms with E-state index in [0.717, 1.165) is 24.8 Å². The summed E-state index contributed by atoms with van der Waals surface area (Å²) in [7, 11) is 0. The maximum Gasteiger partial charge on any atom is 0.0964 e. The van der Waals surface area contributed by atoms with Crippen molar-refractivity contribution in [3.05, 3.63) is 64.0 Å². The number of imidazole rings is 1. The fourth-order valence-electron chi connectivity index (χ4n) is 5.10. The van der Waals surface area contributed by atoms with Gasteiger partial charge >= 0.3 is 0 Å². The van der Waals surface area contributed by atoms with Gasteiger partial charge in [0.1, 0.15) is 0 Å². The molecule has 0 amide bonds. The van der Waals surface area contributed by atoms with Crippen molar-refractivity contribution in [3.63, 3.8) is 0 Å². The van der Waals surface area contributed by atoms with E-state index in [1.165, 1.54) is 64.6 Å². The quantitative estimate of drug-likeness (QED) is 0.720. The molecule has 3 aromatic rings. The van der Waals surface area contributed by atoms with E-state index in [2.05, 4.69) is 42.7 Å². The van der Waals surface area contributed by atoms with E-state index >= 15 is 0 Å². The van der Waals surface area contributed by atoms with Crippen molar-refractivity contribution in [2.24, 2.45) is 0 Å². The Morgan fingerprint density at radius 1 is 1.00 bits per heavy atom. The lowest BCUT2D eigenvalue weighted by Crippen LogP contribution is -2.20. The number of hydrogen-bond acceptors (Lipinski definition) is 2. The first kappa shape index (κ1) is 17.0. The Morgan fingerprint density at radius 2 is 1.74 bits per heavy atom. The first-order chi connectivity index (χ1) is 13.1. The molecule has 3 nitrogen and oxygen atoms in total. The summed E-state index contributed by atoms with van der Waals surface area (Å²) in [6.45, 7) is 4.49. The summed E-state index contributed by atoms with van der Waals surface area (Å²) < 4.78 is 2.33. The summed E-state index contributed by atoms with van der Waals surface area (Å²) in [6, 6.07) is 9.60. The SMILES string of the molecule is Cc1cc2c(cc1[C@@H](C)n1cnc3cc4c(cc31)CCCC4)C[C@@H](O)CC2. The standard InChI is InChI=1S/C24H28N2O/c1-15-9-19-7-8-21(27)10-20(19)11-22(15)16(2)26-14-25-23-12-17-5-3-4-6-18(17)13-24(23)26/h9,11-14,16,21,27H,3-8,10H2,1-2H3/t16-,21+/m1/s1. The molecule has 1 aromatic heterocycles. The van der Waals surface area contributed by atoms with Crippen LogP contribution in [0.15, 0.2) is 30.6 Å². The lowest BCUT2D eigenvalue weighted by atomic mass is 9.85. The molecule has 0 saturated carbocycles. The lowest BCUT2D eigenvalue weighted by Gasteiger charge is -2.25. The minimum atomic E-state index is -0.191. The predicted octanol–water partition coefficient (Wildman–Crippen LogP) is 4.68. The molecule has 0 saturated heterocycles. The molecule has 1 heterocycles. The molecule has 0 fully saturated rings. The zero-order valence-corrected chi connectivity index (χ0v) is 16.3. The molecular formula is C24H28N2O. The van der Waals surface area contributed by atoms with Crippen molar-refractivity contribution in [2.75, 3.05) is 0 Å². The number of fused-ring (bicyclic) bond motifs is 3. The number of aliphatic hydroxyl groups excluding tert-OH is 1. The normalized spacial score (nSPS) is 20.3. The van der Waals surface area contributed by atoms with Gasteiger partial charge in [-0.3, -0.25) is 0 Å². The van der Waals surface area contributed by atoms with Gasteiger partial charge in [-0.1, -0.05) is 12.1 Å². The number of rotatable bonds is 2. The molecule has 0 bridgehead atoms. The van der Waals surface area contributed by atoms with E-state index in [1.807, 2.05) is 6.33 Å². The third-order valence-corrected chi connectivity index (χ3v) is 6.70. The van der Waals surface area contributed by atoms with E-state index in [-0.39, 0.29) is 12.1 Å². The lowest BCUT2D eigenvalue weighted by molar-refractivity contribution is 0.158. The van der Waals surface area contributed by atoms with Gasteiger partial charge in [0.05, 0.1) is 29.5 Å². The van der Waals surface area contributed by atoms with Crippen LogP contribution >= 0.6 is 0 Å². The second kappa shape index (κ2) is 6.49. The summed E-state index contributed by atoms with van der Waals surface area (Å²) >= 11 is 0. The molecule has 0 spiro atoms. The van der Waals surface area contributed by atoms with Gasteiger partial charge in [-0.2, -0.15) is 0 Å². The maximum absolute atomic E-state index is 10.1. The summed E-state index contributed by atoms with van der Waals surface area (Å²) in [5.41, 5.74) is 10.8. The third-order valence-electron chi connectivity index (χ3n) is 6.70. The molecule has 0 unspecified atom stereocenters. The molecule has 0 aliphatic heterocycles. The highest BCUT2D eigenvalue weighted by molar-refractivity contribution is 5.78. The average Bonchev–Trinajstić information content (AvgIpc) is 3.08. The average molecular weight is 361 g/mol. The molecule has 0 radical (unpaired) electrons. The number of benzene rings is 2. The molecule has 2 aliphatic carbocycles. The van der Waals surface area contributed by atoms with Gasteiger partial charge in [0.15, 0.2) is 0 Å². The van der Waals surface area contributed by atoms with E-state index in [1.54, 1.807) is 0 Å². The van der Waals surface area contributed by atoms with Gasteiger partial charge in [-0.05, 0) is 104 Å². The fourth-order valence-corrected chi connectivity index (χ4v) is 5.10. The van der Waals surface area contributed by atoms with Crippen LogP contribution in [0.25, 0.3) is 11.0 Å². The van der Waals surface area contributed by atoms with E-state index in [0.29, 0.717) is 0 Å². The zero-order chi connectivity index (χ0) is 18.5. The molecule has 140 valence electrons. The largest absolute Gasteiger partial charge is 0.393 e. The van der Waals surface area contributed by atoms with Gasteiger partial charge in [-0.15, -0.1) is 0 Å². The Hall–Kier alpha value is -2.13. The summed E-state index contributed by atoms with van der Waals surface area (Å²) in [5.74, 6) is 0. The van der Waals surface area contributed by atoms with Crippen LogP contribution in [0.5, 0.6) is 0 Å². The summed E-state index contributed by atoms with van der Waals surface area (Å²) in [5, 5.41) is 10.1. The Kier molecular flexibility index (Phi) is 4.08. The van der Waals surface area contributed by atoms with Crippen LogP contribution in [-0.2, 0) is 25.7 Å². The smallest absolute Gasteiger partial charge is 0.0964 e. The van der Waals surface area contributed by atoms with Crippen LogP contribution in [0.3, 0.4) is 0 Å². The van der Waals surface area contributed by atoms with E-state index in [4.69, 9.17) is 4.98 Å². The van der Waals surface area contributed by atoms with Gasteiger partial charge in [-0.25, -0.2) is 4.98 Å². The molecule has 5 rings (SSSR count). The van der Waals surface area contributed by atoms with Crippen molar-refractivity contribution in [1.29, 1.82) is 0 Å². The highest BCUT2D eigenvalue weighted by Crippen LogP contribution is 2.33. The molecule has 3 heteroatoms. The van der Waals surface area contributed by atoms with Crippen molar-refractivity contribution >= 4 is 11.0 Å². The van der Waals surface area contributed by atoms with Crippen LogP contribution in [-0.4, -0.2) is 20.8 Å². The highest BCUT2D eigenvalue weighted by atomic mass is 16.3. The van der Waals surface area contributed by atoms with E-state index < -0.39 is 0 Å². The topological polar surface area (TPSA) is 38.0 Å². The minimum Gasteiger partial charge on any atom is -0.393 e. The third kappa shape index (κ3) is 2.89. The molecule has 27 heavy (non-hydrogen) atoms. The van der Waals surface area contributed by atoms with Crippen molar-refractivity contribution in [3.8, 4) is 0 Å². The first-order valence-electron chi connectivity index (χ1n) is 10.4. The van der Waals surface area contributed by atoms with Crippen LogP contribution in [0, 0.1) is 6.92 Å². The minimum absolute atomic E-state index is 0.191. The molecule has 1 N–H and O–H groups in total. The maximum atomic E-state index is 10.1. The predicted molar refractivity (Wildman–Crippen MR) is 109 cm³/mol. The van der Waals surface area contributed by atoms with Gasteiger partial charge in [0.2, 0.25) is 0 Å². The van der Waals surface area contributed by atoms with Crippen LogP contribution in [0.2, 0.25) is 0 Å². The van der Waals surface area contributed by atoms with E-state index in [9.17, 15) is 5.11 Å². The van der Waals surface area contributed by atoms with Crippen LogP contribution in [0.1, 0.15) is 65.6 Å². The molecular weight excluding hydrogens is 332 g/mol. The van der Waals surface area contributed by atoms with Crippen LogP contribution in [0.4, 0.5) is 0 Å². The van der Waals surface area contributed by atoms with Crippen molar-refractivity contribution in [1.82, 2.24) is 9.55 Å². The monoisotopic (exact) mass is 360 g/mol. The molecule has 2 atom stereocenters. The Bertz CT molecular complexity index is 1020. The highest BCUT2D eigenvalue weighted by Gasteiger charge is 2.21. The number of hydrogen-bond donors (Lipinski definition) is 1. The second-order valence-corrected chi connectivity index (χ2v) is 8.52. The number of aryl methyl sites for hydroxylation is 4. The number of nitrogens with zero attached hydrogens (tertiary/aromatic N) is 2. The van der Waals surface area contributed by atoms with Crippen LogP contribution < -0.4 is 0 Å². The number of aromatic nitrogens is 2. The number of aliphatic hydroxyl groups is 1. The van der Waals surface area contributed by atoms with Gasteiger partial charge in [0.25, 0.3) is 0 Å². The fraction of sp³-hybridized carbons (Fsp3) is 0.458. The summed E-state index contributed by atoms with van der Waals surface area (Å²) in [4.78, 5) is 4.73. The Labute approximate surface area is 161 Å². The Morgan fingerprint density at radius 3 is 2.56 bits per heavy atom. The summed E-state index contributed by atoms with van der Waals surface area (Å²) in [6.07, 6.45) is 9.47. The van der Waals surface area contributed by atoms with Crippen molar-refractivity contribution < 1.29 is 5.11 Å². The molecule has 2 aromatic carbocycles. The van der Waals surface area contributed by atoms with Gasteiger partial charge < -0.3 is 9.67 Å². The Balaban J connectivity index is 1.58. The zero-order valence-electron chi connectivity index (χ0n) is 16.3.